The van der Waals surface area contributed by atoms with Crippen LogP contribution in [-0.2, 0) is 19.6 Å². The van der Waals surface area contributed by atoms with Gasteiger partial charge in [0.1, 0.15) is 6.07 Å². The number of sulfonamides is 1. The predicted molar refractivity (Wildman–Crippen MR) is 84.1 cm³/mol. The molecule has 0 saturated carbocycles. The second-order valence-electron chi connectivity index (χ2n) is 5.04. The van der Waals surface area contributed by atoms with Crippen LogP contribution in [0.3, 0.4) is 0 Å². The molecule has 1 N–H and O–H groups in total. The van der Waals surface area contributed by atoms with Crippen LogP contribution < -0.4 is 9.62 Å². The molecule has 0 fully saturated rings. The Labute approximate surface area is 130 Å². The first-order valence-corrected chi connectivity index (χ1v) is 8.15. The van der Waals surface area contributed by atoms with Gasteiger partial charge in [0.15, 0.2) is 0 Å². The van der Waals surface area contributed by atoms with E-state index in [0.717, 1.165) is 5.69 Å². The lowest BCUT2D eigenvalue weighted by atomic mass is 10.2. The van der Waals surface area contributed by atoms with Crippen molar-refractivity contribution in [1.29, 1.82) is 5.26 Å². The molecule has 0 bridgehead atoms. The molecule has 1 atom stereocenters. The number of esters is 1. The van der Waals surface area contributed by atoms with Gasteiger partial charge in [0.25, 0.3) is 0 Å². The van der Waals surface area contributed by atoms with Crippen LogP contribution in [0.15, 0.2) is 18.2 Å². The van der Waals surface area contributed by atoms with Crippen LogP contribution in [0.1, 0.15) is 12.5 Å². The normalized spacial score (nSPS) is 12.1. The zero-order valence-corrected chi connectivity index (χ0v) is 13.8. The Hall–Kier alpha value is -2.27. The van der Waals surface area contributed by atoms with Gasteiger partial charge in [-0.15, -0.1) is 0 Å². The standard InChI is InChI=1S/C14H19N3O4S/c1-10(14(18)21-4)9-22(19,20)16-13-7-12(17(2)3)6-5-11(13)8-15/h5-7,10,16H,9H2,1-4H3. The van der Waals surface area contributed by atoms with Crippen LogP contribution >= 0.6 is 0 Å². The summed E-state index contributed by atoms with van der Waals surface area (Å²) in [6.07, 6.45) is 0. The Balaban J connectivity index is 3.04. The number of nitriles is 1. The lowest BCUT2D eigenvalue weighted by Crippen LogP contribution is -2.27. The number of nitrogens with one attached hydrogen (secondary N) is 1. The van der Waals surface area contributed by atoms with Crippen molar-refractivity contribution in [2.45, 2.75) is 6.92 Å². The molecule has 8 heteroatoms. The molecule has 7 nitrogen and oxygen atoms in total. The third-order valence-corrected chi connectivity index (χ3v) is 4.45. The minimum atomic E-state index is -3.78. The number of rotatable bonds is 6. The van der Waals surface area contributed by atoms with E-state index in [9.17, 15) is 13.2 Å². The lowest BCUT2D eigenvalue weighted by molar-refractivity contribution is -0.144. The van der Waals surface area contributed by atoms with Gasteiger partial charge in [-0.1, -0.05) is 6.92 Å². The highest BCUT2D eigenvalue weighted by Crippen LogP contribution is 2.23. The summed E-state index contributed by atoms with van der Waals surface area (Å²) in [5, 5.41) is 9.08. The third-order valence-electron chi connectivity index (χ3n) is 2.98. The topological polar surface area (TPSA) is 99.5 Å². The van der Waals surface area contributed by atoms with Crippen molar-refractivity contribution < 1.29 is 17.9 Å². The van der Waals surface area contributed by atoms with Crippen molar-refractivity contribution in [1.82, 2.24) is 0 Å². The van der Waals surface area contributed by atoms with Crippen molar-refractivity contribution in [2.75, 3.05) is 36.6 Å². The Bertz CT molecular complexity index is 693. The molecule has 0 spiro atoms. The van der Waals surface area contributed by atoms with Crippen LogP contribution in [-0.4, -0.2) is 41.3 Å². The van der Waals surface area contributed by atoms with E-state index in [1.54, 1.807) is 31.1 Å². The first kappa shape index (κ1) is 17.8. The van der Waals surface area contributed by atoms with Gasteiger partial charge in [-0.05, 0) is 18.2 Å². The number of methoxy groups -OCH3 is 1. The van der Waals surface area contributed by atoms with Gasteiger partial charge in [0, 0.05) is 19.8 Å². The second kappa shape index (κ2) is 7.13. The van der Waals surface area contributed by atoms with Crippen LogP contribution in [0.5, 0.6) is 0 Å². The van der Waals surface area contributed by atoms with E-state index < -0.39 is 27.7 Å². The van der Waals surface area contributed by atoms with Crippen molar-refractivity contribution >= 4 is 27.4 Å². The highest BCUT2D eigenvalue weighted by Gasteiger charge is 2.23. The summed E-state index contributed by atoms with van der Waals surface area (Å²) in [5.41, 5.74) is 1.14. The maximum atomic E-state index is 12.1. The van der Waals surface area contributed by atoms with Crippen molar-refractivity contribution in [2.24, 2.45) is 5.92 Å². The van der Waals surface area contributed by atoms with Crippen LogP contribution in [0.2, 0.25) is 0 Å². The van der Waals surface area contributed by atoms with Gasteiger partial charge >= 0.3 is 5.97 Å². The molecule has 0 aromatic heterocycles. The Morgan fingerprint density at radius 1 is 1.45 bits per heavy atom. The smallest absolute Gasteiger partial charge is 0.309 e. The predicted octanol–water partition coefficient (Wildman–Crippen LogP) is 1.18. The van der Waals surface area contributed by atoms with Gasteiger partial charge in [0.2, 0.25) is 10.0 Å². The highest BCUT2D eigenvalue weighted by atomic mass is 32.2. The summed E-state index contributed by atoms with van der Waals surface area (Å²) in [4.78, 5) is 13.1. The molecule has 0 radical (unpaired) electrons. The van der Waals surface area contributed by atoms with Gasteiger partial charge in [0.05, 0.1) is 30.0 Å². The van der Waals surface area contributed by atoms with E-state index in [1.807, 2.05) is 6.07 Å². The highest BCUT2D eigenvalue weighted by molar-refractivity contribution is 7.92. The minimum absolute atomic E-state index is 0.186. The molecule has 0 aliphatic carbocycles. The fourth-order valence-corrected chi connectivity index (χ4v) is 3.18. The number of carbonyl (C=O) groups excluding carboxylic acids is 1. The average molecular weight is 325 g/mol. The number of nitrogens with zero attached hydrogens (tertiary/aromatic N) is 2. The van der Waals surface area contributed by atoms with Gasteiger partial charge in [-0.3, -0.25) is 9.52 Å². The molecule has 1 aromatic rings. The van der Waals surface area contributed by atoms with Crippen molar-refractivity contribution in [3.63, 3.8) is 0 Å². The molecular formula is C14H19N3O4S. The maximum Gasteiger partial charge on any atom is 0.309 e. The molecule has 1 unspecified atom stereocenters. The monoisotopic (exact) mass is 325 g/mol. The number of carbonyl (C=O) groups is 1. The van der Waals surface area contributed by atoms with E-state index in [0.29, 0.717) is 0 Å². The Morgan fingerprint density at radius 3 is 2.59 bits per heavy atom. The molecule has 1 aromatic carbocycles. The second-order valence-corrected chi connectivity index (χ2v) is 6.81. The minimum Gasteiger partial charge on any atom is -0.469 e. The lowest BCUT2D eigenvalue weighted by Gasteiger charge is -2.16. The average Bonchev–Trinajstić information content (AvgIpc) is 2.45. The fourth-order valence-electron chi connectivity index (χ4n) is 1.80. The zero-order chi connectivity index (χ0) is 16.9. The summed E-state index contributed by atoms with van der Waals surface area (Å²) >= 11 is 0. The number of anilines is 2. The molecule has 0 saturated heterocycles. The molecule has 22 heavy (non-hydrogen) atoms. The van der Waals surface area contributed by atoms with E-state index >= 15 is 0 Å². The molecule has 120 valence electrons. The summed E-state index contributed by atoms with van der Waals surface area (Å²) in [6, 6.07) is 6.76. The van der Waals surface area contributed by atoms with Crippen molar-refractivity contribution in [3.05, 3.63) is 23.8 Å². The maximum absolute atomic E-state index is 12.1. The molecule has 0 amide bonds. The summed E-state index contributed by atoms with van der Waals surface area (Å²) in [6.45, 7) is 1.46. The summed E-state index contributed by atoms with van der Waals surface area (Å²) in [5.74, 6) is -1.82. The molecule has 0 aliphatic heterocycles. The fraction of sp³-hybridized carbons (Fsp3) is 0.429. The number of hydrogen-bond acceptors (Lipinski definition) is 6. The molecule has 0 heterocycles. The quantitative estimate of drug-likeness (QED) is 0.788. The first-order valence-electron chi connectivity index (χ1n) is 6.50. The summed E-state index contributed by atoms with van der Waals surface area (Å²) < 4.78 is 31.1. The van der Waals surface area contributed by atoms with E-state index in [4.69, 9.17) is 5.26 Å². The zero-order valence-electron chi connectivity index (χ0n) is 13.0. The Morgan fingerprint density at radius 2 is 2.09 bits per heavy atom. The third kappa shape index (κ3) is 4.63. The van der Waals surface area contributed by atoms with Gasteiger partial charge in [-0.25, -0.2) is 8.42 Å². The van der Waals surface area contributed by atoms with E-state index in [1.165, 1.54) is 20.1 Å². The number of hydrogen-bond donors (Lipinski definition) is 1. The van der Waals surface area contributed by atoms with Gasteiger partial charge < -0.3 is 9.64 Å². The molecule has 1 rings (SSSR count). The van der Waals surface area contributed by atoms with E-state index in [-0.39, 0.29) is 11.3 Å². The van der Waals surface area contributed by atoms with Crippen LogP contribution in [0.25, 0.3) is 0 Å². The largest absolute Gasteiger partial charge is 0.469 e. The van der Waals surface area contributed by atoms with E-state index in [2.05, 4.69) is 9.46 Å². The van der Waals surface area contributed by atoms with Gasteiger partial charge in [-0.2, -0.15) is 5.26 Å². The molecule has 0 aliphatic rings. The summed E-state index contributed by atoms with van der Waals surface area (Å²) in [7, 11) is 1.03. The first-order chi connectivity index (χ1) is 10.2. The van der Waals surface area contributed by atoms with Crippen LogP contribution in [0.4, 0.5) is 11.4 Å². The van der Waals surface area contributed by atoms with Crippen LogP contribution in [0, 0.1) is 17.2 Å². The Kier molecular flexibility index (Phi) is 5.77. The number of ether oxygens (including phenoxy) is 1. The SMILES string of the molecule is COC(=O)C(C)CS(=O)(=O)Nc1cc(N(C)C)ccc1C#N. The number of benzene rings is 1. The molecular weight excluding hydrogens is 306 g/mol. The van der Waals surface area contributed by atoms with Crippen molar-refractivity contribution in [3.8, 4) is 6.07 Å².